The van der Waals surface area contributed by atoms with E-state index in [9.17, 15) is 0 Å². The summed E-state index contributed by atoms with van der Waals surface area (Å²) in [5, 5.41) is 9.05. The first-order valence-electron chi connectivity index (χ1n) is 5.19. The molecule has 0 saturated carbocycles. The van der Waals surface area contributed by atoms with Gasteiger partial charge >= 0.3 is 0 Å². The van der Waals surface area contributed by atoms with Gasteiger partial charge in [-0.15, -0.1) is 0 Å². The number of nitriles is 1. The number of nitrogens with zero attached hydrogens (tertiary/aromatic N) is 2. The smallest absolute Gasteiger partial charge is 0.106 e. The van der Waals surface area contributed by atoms with Gasteiger partial charge in [-0.3, -0.25) is 4.90 Å². The van der Waals surface area contributed by atoms with Crippen molar-refractivity contribution in [3.8, 4) is 6.07 Å². The predicted octanol–water partition coefficient (Wildman–Crippen LogP) is 2.27. The lowest BCUT2D eigenvalue weighted by molar-refractivity contribution is 0.00126. The first-order valence-corrected chi connectivity index (χ1v) is 5.19. The van der Waals surface area contributed by atoms with Gasteiger partial charge in [-0.1, -0.05) is 20.8 Å². The van der Waals surface area contributed by atoms with Crippen LogP contribution in [-0.2, 0) is 0 Å². The van der Waals surface area contributed by atoms with Gasteiger partial charge in [-0.2, -0.15) is 5.26 Å². The van der Waals surface area contributed by atoms with Gasteiger partial charge in [-0.25, -0.2) is 0 Å². The standard InChI is InChI=1S/C11H20N2/c1-5-11(4,8-12)13-6-10(7-13)9(2)3/h9-10H,5-7H2,1-4H3. The maximum Gasteiger partial charge on any atom is 0.106 e. The lowest BCUT2D eigenvalue weighted by Crippen LogP contribution is -2.58. The van der Waals surface area contributed by atoms with Crippen LogP contribution in [0.3, 0.4) is 0 Å². The summed E-state index contributed by atoms with van der Waals surface area (Å²) in [5.74, 6) is 1.57. The lowest BCUT2D eigenvalue weighted by Gasteiger charge is -2.48. The Labute approximate surface area is 81.5 Å². The average molecular weight is 180 g/mol. The summed E-state index contributed by atoms with van der Waals surface area (Å²) in [6.07, 6.45) is 0.925. The Hall–Kier alpha value is -0.550. The van der Waals surface area contributed by atoms with Crippen molar-refractivity contribution in [3.05, 3.63) is 0 Å². The zero-order chi connectivity index (χ0) is 10.1. The molecule has 1 aliphatic rings. The Balaban J connectivity index is 2.47. The monoisotopic (exact) mass is 180 g/mol. The van der Waals surface area contributed by atoms with Gasteiger partial charge in [0.25, 0.3) is 0 Å². The highest BCUT2D eigenvalue weighted by Crippen LogP contribution is 2.31. The zero-order valence-corrected chi connectivity index (χ0v) is 9.17. The first-order chi connectivity index (χ1) is 6.03. The molecule has 0 amide bonds. The van der Waals surface area contributed by atoms with Gasteiger partial charge in [-0.05, 0) is 25.2 Å². The second-order valence-electron chi connectivity index (χ2n) is 4.65. The normalized spacial score (nSPS) is 23.7. The minimum absolute atomic E-state index is 0.217. The van der Waals surface area contributed by atoms with E-state index in [0.29, 0.717) is 0 Å². The molecular weight excluding hydrogens is 160 g/mol. The molecule has 0 radical (unpaired) electrons. The molecule has 0 spiro atoms. The van der Waals surface area contributed by atoms with Crippen molar-refractivity contribution < 1.29 is 0 Å². The number of hydrogen-bond acceptors (Lipinski definition) is 2. The predicted molar refractivity (Wildman–Crippen MR) is 54.2 cm³/mol. The molecule has 1 aliphatic heterocycles. The second-order valence-corrected chi connectivity index (χ2v) is 4.65. The maximum atomic E-state index is 9.05. The summed E-state index contributed by atoms with van der Waals surface area (Å²) in [6.45, 7) is 10.9. The van der Waals surface area contributed by atoms with Crippen molar-refractivity contribution in [2.45, 2.75) is 39.7 Å². The third-order valence-corrected chi connectivity index (χ3v) is 3.48. The van der Waals surface area contributed by atoms with Crippen LogP contribution in [0.5, 0.6) is 0 Å². The van der Waals surface area contributed by atoms with Gasteiger partial charge in [0.15, 0.2) is 0 Å². The second kappa shape index (κ2) is 3.67. The van der Waals surface area contributed by atoms with Crippen molar-refractivity contribution in [1.82, 2.24) is 4.90 Å². The summed E-state index contributed by atoms with van der Waals surface area (Å²) < 4.78 is 0. The SMILES string of the molecule is CCC(C)(C#N)N1CC(C(C)C)C1. The molecule has 0 N–H and O–H groups in total. The molecule has 2 heteroatoms. The third kappa shape index (κ3) is 1.86. The molecule has 2 nitrogen and oxygen atoms in total. The van der Waals surface area contributed by atoms with E-state index < -0.39 is 0 Å². The summed E-state index contributed by atoms with van der Waals surface area (Å²) in [4.78, 5) is 2.30. The zero-order valence-electron chi connectivity index (χ0n) is 9.17. The van der Waals surface area contributed by atoms with E-state index in [0.717, 1.165) is 31.3 Å². The summed E-state index contributed by atoms with van der Waals surface area (Å²) in [6, 6.07) is 2.42. The quantitative estimate of drug-likeness (QED) is 0.666. The Bertz CT molecular complexity index is 211. The molecule has 0 aliphatic carbocycles. The van der Waals surface area contributed by atoms with E-state index >= 15 is 0 Å². The highest BCUT2D eigenvalue weighted by atomic mass is 15.2. The van der Waals surface area contributed by atoms with Gasteiger partial charge in [0.2, 0.25) is 0 Å². The van der Waals surface area contributed by atoms with Gasteiger partial charge in [0.1, 0.15) is 5.54 Å². The average Bonchev–Trinajstić information content (AvgIpc) is 2.00. The fourth-order valence-corrected chi connectivity index (χ4v) is 1.71. The highest BCUT2D eigenvalue weighted by Gasteiger charge is 2.40. The van der Waals surface area contributed by atoms with E-state index in [1.54, 1.807) is 0 Å². The van der Waals surface area contributed by atoms with Crippen molar-refractivity contribution in [2.75, 3.05) is 13.1 Å². The molecule has 1 atom stereocenters. The topological polar surface area (TPSA) is 27.0 Å². The first kappa shape index (κ1) is 10.5. The van der Waals surface area contributed by atoms with E-state index in [4.69, 9.17) is 5.26 Å². The van der Waals surface area contributed by atoms with Crippen LogP contribution in [0.4, 0.5) is 0 Å². The van der Waals surface area contributed by atoms with Crippen molar-refractivity contribution >= 4 is 0 Å². The molecule has 1 rings (SSSR count). The Morgan fingerprint density at radius 1 is 1.54 bits per heavy atom. The van der Waals surface area contributed by atoms with Crippen LogP contribution in [0.25, 0.3) is 0 Å². The summed E-state index contributed by atoms with van der Waals surface area (Å²) in [5.41, 5.74) is -0.217. The molecule has 1 heterocycles. The maximum absolute atomic E-state index is 9.05. The van der Waals surface area contributed by atoms with Crippen LogP contribution in [0.15, 0.2) is 0 Å². The largest absolute Gasteiger partial charge is 0.285 e. The van der Waals surface area contributed by atoms with E-state index in [2.05, 4.69) is 31.7 Å². The van der Waals surface area contributed by atoms with E-state index in [-0.39, 0.29) is 5.54 Å². The van der Waals surface area contributed by atoms with Gasteiger partial charge in [0.05, 0.1) is 6.07 Å². The van der Waals surface area contributed by atoms with Crippen molar-refractivity contribution in [3.63, 3.8) is 0 Å². The number of hydrogen-bond donors (Lipinski definition) is 0. The van der Waals surface area contributed by atoms with Crippen LogP contribution in [0, 0.1) is 23.2 Å². The molecule has 74 valence electrons. The molecule has 13 heavy (non-hydrogen) atoms. The molecular formula is C11H20N2. The van der Waals surface area contributed by atoms with Crippen LogP contribution in [-0.4, -0.2) is 23.5 Å². The molecule has 0 aromatic heterocycles. The van der Waals surface area contributed by atoms with E-state index in [1.807, 2.05) is 6.92 Å². The lowest BCUT2D eigenvalue weighted by atomic mass is 9.83. The van der Waals surface area contributed by atoms with Crippen LogP contribution >= 0.6 is 0 Å². The minimum Gasteiger partial charge on any atom is -0.285 e. The van der Waals surface area contributed by atoms with Gasteiger partial charge < -0.3 is 0 Å². The molecule has 1 saturated heterocycles. The molecule has 0 bridgehead atoms. The third-order valence-electron chi connectivity index (χ3n) is 3.48. The fourth-order valence-electron chi connectivity index (χ4n) is 1.71. The molecule has 0 aromatic carbocycles. The highest BCUT2D eigenvalue weighted by molar-refractivity contribution is 5.08. The molecule has 1 unspecified atom stereocenters. The Morgan fingerprint density at radius 3 is 2.38 bits per heavy atom. The Morgan fingerprint density at radius 2 is 2.08 bits per heavy atom. The number of likely N-dealkylation sites (tertiary alicyclic amines) is 1. The molecule has 0 aromatic rings. The summed E-state index contributed by atoms with van der Waals surface area (Å²) >= 11 is 0. The summed E-state index contributed by atoms with van der Waals surface area (Å²) in [7, 11) is 0. The minimum atomic E-state index is -0.217. The van der Waals surface area contributed by atoms with Crippen LogP contribution in [0.2, 0.25) is 0 Å². The van der Waals surface area contributed by atoms with Gasteiger partial charge in [0, 0.05) is 13.1 Å². The van der Waals surface area contributed by atoms with Crippen molar-refractivity contribution in [2.24, 2.45) is 11.8 Å². The molecule has 1 fully saturated rings. The fraction of sp³-hybridized carbons (Fsp3) is 0.909. The Kier molecular flexibility index (Phi) is 2.98. The van der Waals surface area contributed by atoms with Crippen molar-refractivity contribution in [1.29, 1.82) is 5.26 Å². The van der Waals surface area contributed by atoms with E-state index in [1.165, 1.54) is 0 Å². The van der Waals surface area contributed by atoms with Crippen LogP contribution < -0.4 is 0 Å². The van der Waals surface area contributed by atoms with Crippen LogP contribution in [0.1, 0.15) is 34.1 Å². The number of rotatable bonds is 3.